The summed E-state index contributed by atoms with van der Waals surface area (Å²) in [5.74, 6) is -0.505. The molecule has 0 aromatic carbocycles. The number of nitrogens with zero attached hydrogens (tertiary/aromatic N) is 3. The van der Waals surface area contributed by atoms with E-state index in [2.05, 4.69) is 42.9 Å². The summed E-state index contributed by atoms with van der Waals surface area (Å²) in [6.07, 6.45) is 1.60. The second-order valence-electron chi connectivity index (χ2n) is 4.68. The van der Waals surface area contributed by atoms with Gasteiger partial charge in [0.05, 0.1) is 19.0 Å². The normalized spacial score (nSPS) is 18.9. The summed E-state index contributed by atoms with van der Waals surface area (Å²) < 4.78 is 6.05. The Labute approximate surface area is 125 Å². The highest BCUT2D eigenvalue weighted by atomic mass is 79.9. The van der Waals surface area contributed by atoms with Gasteiger partial charge in [-0.05, 0) is 22.9 Å². The highest BCUT2D eigenvalue weighted by molar-refractivity contribution is 9.10. The third kappa shape index (κ3) is 3.18. The SMILES string of the molecule is COC(=O)Cn1ncc(N2CCN[C@@H](C)C2)c(Br)c1=O. The van der Waals surface area contributed by atoms with Crippen molar-refractivity contribution in [1.82, 2.24) is 15.1 Å². The van der Waals surface area contributed by atoms with Gasteiger partial charge < -0.3 is 15.0 Å². The van der Waals surface area contributed by atoms with Crippen LogP contribution in [0.4, 0.5) is 5.69 Å². The second kappa shape index (κ2) is 6.36. The summed E-state index contributed by atoms with van der Waals surface area (Å²) in [4.78, 5) is 25.5. The number of methoxy groups -OCH3 is 1. The smallest absolute Gasteiger partial charge is 0.327 e. The average molecular weight is 345 g/mol. The van der Waals surface area contributed by atoms with E-state index in [1.165, 1.54) is 7.11 Å². The predicted molar refractivity (Wildman–Crippen MR) is 77.9 cm³/mol. The zero-order valence-corrected chi connectivity index (χ0v) is 13.0. The third-order valence-corrected chi connectivity index (χ3v) is 3.93. The molecule has 1 aliphatic heterocycles. The molecule has 2 rings (SSSR count). The van der Waals surface area contributed by atoms with Crippen molar-refractivity contribution >= 4 is 27.6 Å². The first-order valence-electron chi connectivity index (χ1n) is 6.33. The van der Waals surface area contributed by atoms with Gasteiger partial charge in [-0.25, -0.2) is 4.68 Å². The molecule has 1 saturated heterocycles. The molecule has 20 heavy (non-hydrogen) atoms. The first kappa shape index (κ1) is 15.0. The number of hydrogen-bond donors (Lipinski definition) is 1. The van der Waals surface area contributed by atoms with Crippen molar-refractivity contribution < 1.29 is 9.53 Å². The van der Waals surface area contributed by atoms with Crippen LogP contribution in [-0.2, 0) is 16.1 Å². The lowest BCUT2D eigenvalue weighted by Gasteiger charge is -2.33. The third-order valence-electron chi connectivity index (χ3n) is 3.18. The Bertz CT molecular complexity index is 560. The largest absolute Gasteiger partial charge is 0.468 e. The maximum atomic E-state index is 12.2. The van der Waals surface area contributed by atoms with Gasteiger partial charge in [-0.3, -0.25) is 9.59 Å². The number of piperazine rings is 1. The summed E-state index contributed by atoms with van der Waals surface area (Å²) in [5, 5.41) is 7.38. The lowest BCUT2D eigenvalue weighted by atomic mass is 10.2. The molecule has 0 unspecified atom stereocenters. The molecule has 1 N–H and O–H groups in total. The number of carbonyl (C=O) groups is 1. The Balaban J connectivity index is 2.26. The van der Waals surface area contributed by atoms with Gasteiger partial charge in [0.1, 0.15) is 11.0 Å². The molecule has 1 fully saturated rings. The number of ether oxygens (including phenoxy) is 1. The van der Waals surface area contributed by atoms with Crippen LogP contribution in [-0.4, -0.2) is 48.5 Å². The van der Waals surface area contributed by atoms with Crippen molar-refractivity contribution in [2.24, 2.45) is 0 Å². The van der Waals surface area contributed by atoms with Crippen LogP contribution in [0, 0.1) is 0 Å². The molecule has 1 aromatic heterocycles. The molecule has 0 radical (unpaired) electrons. The Kier molecular flexibility index (Phi) is 4.77. The van der Waals surface area contributed by atoms with Gasteiger partial charge in [0.15, 0.2) is 0 Å². The van der Waals surface area contributed by atoms with Crippen molar-refractivity contribution in [1.29, 1.82) is 0 Å². The fourth-order valence-electron chi connectivity index (χ4n) is 2.13. The molecule has 7 nitrogen and oxygen atoms in total. The molecule has 0 spiro atoms. The van der Waals surface area contributed by atoms with E-state index in [4.69, 9.17) is 0 Å². The highest BCUT2D eigenvalue weighted by Crippen LogP contribution is 2.22. The number of anilines is 1. The minimum atomic E-state index is -0.505. The molecule has 8 heteroatoms. The molecule has 1 atom stereocenters. The lowest BCUT2D eigenvalue weighted by Crippen LogP contribution is -2.49. The topological polar surface area (TPSA) is 76.5 Å². The Morgan fingerprint density at radius 2 is 2.40 bits per heavy atom. The average Bonchev–Trinajstić information content (AvgIpc) is 2.44. The molecule has 0 aliphatic carbocycles. The predicted octanol–water partition coefficient (Wildman–Crippen LogP) is -0.0231. The quantitative estimate of drug-likeness (QED) is 0.776. The molecule has 0 bridgehead atoms. The summed E-state index contributed by atoms with van der Waals surface area (Å²) >= 11 is 3.31. The van der Waals surface area contributed by atoms with Gasteiger partial charge in [-0.2, -0.15) is 5.10 Å². The van der Waals surface area contributed by atoms with Gasteiger partial charge in [-0.15, -0.1) is 0 Å². The summed E-state index contributed by atoms with van der Waals surface area (Å²) in [7, 11) is 1.28. The van der Waals surface area contributed by atoms with Crippen molar-refractivity contribution in [2.45, 2.75) is 19.5 Å². The van der Waals surface area contributed by atoms with Gasteiger partial charge >= 0.3 is 5.97 Å². The van der Waals surface area contributed by atoms with Crippen LogP contribution in [0.25, 0.3) is 0 Å². The van der Waals surface area contributed by atoms with Crippen LogP contribution < -0.4 is 15.8 Å². The molecule has 2 heterocycles. The van der Waals surface area contributed by atoms with Crippen molar-refractivity contribution in [3.63, 3.8) is 0 Å². The van der Waals surface area contributed by atoms with Crippen molar-refractivity contribution in [2.75, 3.05) is 31.6 Å². The van der Waals surface area contributed by atoms with Gasteiger partial charge in [0.2, 0.25) is 0 Å². The molecule has 110 valence electrons. The van der Waals surface area contributed by atoms with E-state index in [0.717, 1.165) is 30.0 Å². The van der Waals surface area contributed by atoms with Crippen LogP contribution in [0.2, 0.25) is 0 Å². The number of nitrogens with one attached hydrogen (secondary N) is 1. The zero-order valence-electron chi connectivity index (χ0n) is 11.4. The number of carbonyl (C=O) groups excluding carboxylic acids is 1. The summed E-state index contributed by atoms with van der Waals surface area (Å²) in [5.41, 5.74) is 0.420. The zero-order chi connectivity index (χ0) is 14.7. The summed E-state index contributed by atoms with van der Waals surface area (Å²) in [6.45, 7) is 4.38. The maximum absolute atomic E-state index is 12.2. The number of rotatable bonds is 3. The summed E-state index contributed by atoms with van der Waals surface area (Å²) in [6, 6.07) is 0.355. The maximum Gasteiger partial charge on any atom is 0.327 e. The number of aromatic nitrogens is 2. The van der Waals surface area contributed by atoms with Crippen molar-refractivity contribution in [3.8, 4) is 0 Å². The van der Waals surface area contributed by atoms with Crippen LogP contribution in [0.1, 0.15) is 6.92 Å². The first-order chi connectivity index (χ1) is 9.52. The van der Waals surface area contributed by atoms with E-state index in [0.29, 0.717) is 10.5 Å². The Morgan fingerprint density at radius 1 is 1.65 bits per heavy atom. The second-order valence-corrected chi connectivity index (χ2v) is 5.48. The van der Waals surface area contributed by atoms with E-state index in [-0.39, 0.29) is 12.1 Å². The first-order valence-corrected chi connectivity index (χ1v) is 7.13. The minimum absolute atomic E-state index is 0.188. The van der Waals surface area contributed by atoms with Gasteiger partial charge in [-0.1, -0.05) is 0 Å². The van der Waals surface area contributed by atoms with E-state index in [1.54, 1.807) is 6.20 Å². The molecular formula is C12H17BrN4O3. The molecule has 0 saturated carbocycles. The Morgan fingerprint density at radius 3 is 3.05 bits per heavy atom. The fourth-order valence-corrected chi connectivity index (χ4v) is 2.69. The lowest BCUT2D eigenvalue weighted by molar-refractivity contribution is -0.141. The van der Waals surface area contributed by atoms with E-state index >= 15 is 0 Å². The molecule has 1 aliphatic rings. The van der Waals surface area contributed by atoms with Crippen LogP contribution in [0.5, 0.6) is 0 Å². The fraction of sp³-hybridized carbons (Fsp3) is 0.583. The number of halogens is 1. The van der Waals surface area contributed by atoms with E-state index in [1.807, 2.05) is 0 Å². The van der Waals surface area contributed by atoms with E-state index in [9.17, 15) is 9.59 Å². The van der Waals surface area contributed by atoms with E-state index < -0.39 is 5.97 Å². The molecule has 1 aromatic rings. The van der Waals surface area contributed by atoms with Crippen LogP contribution in [0.15, 0.2) is 15.5 Å². The standard InChI is InChI=1S/C12H17BrN4O3/c1-8-6-16(4-3-14-8)9-5-15-17(7-10(18)20-2)12(19)11(9)13/h5,8,14H,3-4,6-7H2,1-2H3/t8-/m0/s1. The Hall–Kier alpha value is -1.41. The number of esters is 1. The minimum Gasteiger partial charge on any atom is -0.468 e. The van der Waals surface area contributed by atoms with Crippen LogP contribution in [0.3, 0.4) is 0 Å². The van der Waals surface area contributed by atoms with Gasteiger partial charge in [0.25, 0.3) is 5.56 Å². The monoisotopic (exact) mass is 344 g/mol. The number of hydrogen-bond acceptors (Lipinski definition) is 6. The molecule has 0 amide bonds. The highest BCUT2D eigenvalue weighted by Gasteiger charge is 2.20. The van der Waals surface area contributed by atoms with Crippen LogP contribution >= 0.6 is 15.9 Å². The van der Waals surface area contributed by atoms with Crippen molar-refractivity contribution in [3.05, 3.63) is 21.0 Å². The molecular weight excluding hydrogens is 328 g/mol. The van der Waals surface area contributed by atoms with Gasteiger partial charge in [0, 0.05) is 25.7 Å².